The molecular formula is C26H32N2O5. The first kappa shape index (κ1) is 24.3. The summed E-state index contributed by atoms with van der Waals surface area (Å²) in [5.41, 5.74) is 1.69. The fourth-order valence-corrected chi connectivity index (χ4v) is 3.82. The number of hydrogen-bond acceptors (Lipinski definition) is 5. The molecule has 0 bridgehead atoms. The van der Waals surface area contributed by atoms with E-state index < -0.39 is 24.2 Å². The summed E-state index contributed by atoms with van der Waals surface area (Å²) in [5.74, 6) is -0.508. The summed E-state index contributed by atoms with van der Waals surface area (Å²) in [6, 6.07) is 18.1. The van der Waals surface area contributed by atoms with Crippen molar-refractivity contribution in [2.45, 2.75) is 45.4 Å². The molecule has 1 aliphatic heterocycles. The van der Waals surface area contributed by atoms with Crippen LogP contribution < -0.4 is 0 Å². The van der Waals surface area contributed by atoms with E-state index >= 15 is 0 Å². The second-order valence-electron chi connectivity index (χ2n) is 8.75. The number of piperazine rings is 1. The number of hydrogen-bond donors (Lipinski definition) is 0. The Balaban J connectivity index is 1.74. The molecule has 0 N–H and O–H groups in total. The molecule has 1 aliphatic rings. The van der Waals surface area contributed by atoms with Crippen LogP contribution >= 0.6 is 0 Å². The molecule has 176 valence electrons. The zero-order valence-corrected chi connectivity index (χ0v) is 19.5. The van der Waals surface area contributed by atoms with Crippen molar-refractivity contribution in [3.8, 4) is 0 Å². The minimum absolute atomic E-state index is 0.0888. The van der Waals surface area contributed by atoms with Crippen molar-refractivity contribution >= 4 is 18.0 Å². The van der Waals surface area contributed by atoms with E-state index in [1.165, 1.54) is 4.90 Å². The first-order valence-corrected chi connectivity index (χ1v) is 11.3. The lowest BCUT2D eigenvalue weighted by molar-refractivity contribution is -0.156. The smallest absolute Gasteiger partial charge is 0.411 e. The van der Waals surface area contributed by atoms with Crippen LogP contribution in [0.2, 0.25) is 0 Å². The Kier molecular flexibility index (Phi) is 8.46. The third kappa shape index (κ3) is 6.81. The molecule has 0 aliphatic carbocycles. The molecule has 0 unspecified atom stereocenters. The number of rotatable bonds is 8. The van der Waals surface area contributed by atoms with Crippen molar-refractivity contribution in [1.82, 2.24) is 9.80 Å². The van der Waals surface area contributed by atoms with E-state index in [2.05, 4.69) is 0 Å². The monoisotopic (exact) mass is 452 g/mol. The Labute approximate surface area is 195 Å². The lowest BCUT2D eigenvalue weighted by atomic mass is 10.00. The zero-order chi connectivity index (χ0) is 23.8. The number of amides is 2. The van der Waals surface area contributed by atoms with Gasteiger partial charge in [-0.1, -0.05) is 74.5 Å². The quantitative estimate of drug-likeness (QED) is 0.572. The first-order chi connectivity index (χ1) is 15.8. The third-order valence-corrected chi connectivity index (χ3v) is 5.64. The molecule has 7 nitrogen and oxygen atoms in total. The summed E-state index contributed by atoms with van der Waals surface area (Å²) in [5, 5.41) is 0. The van der Waals surface area contributed by atoms with Crippen LogP contribution in [-0.2, 0) is 32.1 Å². The topological polar surface area (TPSA) is 76.2 Å². The van der Waals surface area contributed by atoms with Gasteiger partial charge in [-0.15, -0.1) is 0 Å². The van der Waals surface area contributed by atoms with E-state index in [-0.39, 0.29) is 24.9 Å². The van der Waals surface area contributed by atoms with E-state index in [1.807, 2.05) is 74.5 Å². The molecule has 2 aromatic carbocycles. The number of nitrogens with zero attached hydrogens (tertiary/aromatic N) is 2. The first-order valence-electron chi connectivity index (χ1n) is 11.3. The molecule has 33 heavy (non-hydrogen) atoms. The fraction of sp³-hybridized carbons (Fsp3) is 0.423. The highest BCUT2D eigenvalue weighted by Gasteiger charge is 2.39. The molecule has 2 atom stereocenters. The van der Waals surface area contributed by atoms with Crippen LogP contribution in [0.15, 0.2) is 60.7 Å². The van der Waals surface area contributed by atoms with Gasteiger partial charge in [-0.05, 0) is 23.5 Å². The van der Waals surface area contributed by atoms with E-state index in [0.717, 1.165) is 11.1 Å². The molecule has 0 saturated carbocycles. The molecular weight excluding hydrogens is 420 g/mol. The minimum atomic E-state index is -1.11. The maximum Gasteiger partial charge on any atom is 0.411 e. The third-order valence-electron chi connectivity index (χ3n) is 5.64. The Morgan fingerprint density at radius 1 is 0.970 bits per heavy atom. The molecule has 0 aromatic heterocycles. The van der Waals surface area contributed by atoms with Crippen LogP contribution in [0.5, 0.6) is 0 Å². The van der Waals surface area contributed by atoms with Gasteiger partial charge in [0, 0.05) is 26.6 Å². The summed E-state index contributed by atoms with van der Waals surface area (Å²) < 4.78 is 11.2. The van der Waals surface area contributed by atoms with Crippen molar-refractivity contribution in [1.29, 1.82) is 0 Å². The van der Waals surface area contributed by atoms with Gasteiger partial charge in [-0.25, -0.2) is 9.59 Å². The SMILES string of the molecule is CC(C)C[C@H]1C(=O)N(C)CCN1C(=O)O[C@@H](Cc1ccccc1)C(=O)OCc1ccccc1. The minimum Gasteiger partial charge on any atom is -0.458 e. The van der Waals surface area contributed by atoms with Crippen LogP contribution in [0.4, 0.5) is 4.79 Å². The highest BCUT2D eigenvalue weighted by molar-refractivity contribution is 5.87. The summed E-state index contributed by atoms with van der Waals surface area (Å²) >= 11 is 0. The molecule has 2 amide bonds. The highest BCUT2D eigenvalue weighted by atomic mass is 16.6. The number of likely N-dealkylation sites (N-methyl/N-ethyl adjacent to an activating group) is 1. The molecule has 0 radical (unpaired) electrons. The predicted octanol–water partition coefficient (Wildman–Crippen LogP) is 3.67. The standard InChI is InChI=1S/C26H32N2O5/c1-19(2)16-22-24(29)27(3)14-15-28(22)26(31)33-23(17-20-10-6-4-7-11-20)25(30)32-18-21-12-8-5-9-13-21/h4-13,19,22-23H,14-18H2,1-3H3/t22-,23-/m0/s1. The molecule has 2 aromatic rings. The molecule has 0 spiro atoms. The van der Waals surface area contributed by atoms with E-state index in [0.29, 0.717) is 19.5 Å². The largest absolute Gasteiger partial charge is 0.458 e. The van der Waals surface area contributed by atoms with Crippen LogP contribution in [0.25, 0.3) is 0 Å². The Morgan fingerprint density at radius 3 is 2.18 bits per heavy atom. The molecule has 1 fully saturated rings. The van der Waals surface area contributed by atoms with Crippen molar-refractivity contribution in [3.05, 3.63) is 71.8 Å². The fourth-order valence-electron chi connectivity index (χ4n) is 3.82. The van der Waals surface area contributed by atoms with Crippen LogP contribution in [0.3, 0.4) is 0 Å². The molecule has 1 heterocycles. The van der Waals surface area contributed by atoms with E-state index in [9.17, 15) is 14.4 Å². The number of carbonyl (C=O) groups excluding carboxylic acids is 3. The van der Waals surface area contributed by atoms with Crippen molar-refractivity contribution in [2.24, 2.45) is 5.92 Å². The van der Waals surface area contributed by atoms with Crippen LogP contribution in [0, 0.1) is 5.92 Å². The van der Waals surface area contributed by atoms with Crippen LogP contribution in [-0.4, -0.2) is 60.1 Å². The van der Waals surface area contributed by atoms with Gasteiger partial charge in [0.25, 0.3) is 0 Å². The normalized spacial score (nSPS) is 17.1. The Bertz CT molecular complexity index is 932. The number of esters is 1. The summed E-state index contributed by atoms with van der Waals surface area (Å²) in [7, 11) is 1.73. The summed E-state index contributed by atoms with van der Waals surface area (Å²) in [4.78, 5) is 41.9. The van der Waals surface area contributed by atoms with Crippen molar-refractivity contribution < 1.29 is 23.9 Å². The van der Waals surface area contributed by atoms with Gasteiger partial charge in [0.1, 0.15) is 12.6 Å². The van der Waals surface area contributed by atoms with Crippen molar-refractivity contribution in [2.75, 3.05) is 20.1 Å². The van der Waals surface area contributed by atoms with Gasteiger partial charge >= 0.3 is 12.1 Å². The lowest BCUT2D eigenvalue weighted by Crippen LogP contribution is -2.58. The lowest BCUT2D eigenvalue weighted by Gasteiger charge is -2.39. The Morgan fingerprint density at radius 2 is 1.58 bits per heavy atom. The van der Waals surface area contributed by atoms with Gasteiger partial charge in [-0.2, -0.15) is 0 Å². The van der Waals surface area contributed by atoms with Crippen molar-refractivity contribution in [3.63, 3.8) is 0 Å². The molecule has 3 rings (SSSR count). The summed E-state index contributed by atoms with van der Waals surface area (Å²) in [6.07, 6.45) is -1.06. The van der Waals surface area contributed by atoms with Gasteiger partial charge in [0.05, 0.1) is 0 Å². The number of ether oxygens (including phenoxy) is 2. The second-order valence-corrected chi connectivity index (χ2v) is 8.75. The van der Waals surface area contributed by atoms with Crippen LogP contribution in [0.1, 0.15) is 31.4 Å². The number of carbonyl (C=O) groups is 3. The second kappa shape index (κ2) is 11.5. The van der Waals surface area contributed by atoms with Gasteiger partial charge in [-0.3, -0.25) is 9.69 Å². The zero-order valence-electron chi connectivity index (χ0n) is 19.5. The van der Waals surface area contributed by atoms with Gasteiger partial charge in [0.15, 0.2) is 0 Å². The average molecular weight is 453 g/mol. The molecule has 7 heteroatoms. The van der Waals surface area contributed by atoms with Gasteiger partial charge in [0.2, 0.25) is 12.0 Å². The van der Waals surface area contributed by atoms with E-state index in [1.54, 1.807) is 11.9 Å². The maximum atomic E-state index is 13.1. The number of benzene rings is 2. The predicted molar refractivity (Wildman–Crippen MR) is 124 cm³/mol. The Hall–Kier alpha value is -3.35. The van der Waals surface area contributed by atoms with Gasteiger partial charge < -0.3 is 14.4 Å². The maximum absolute atomic E-state index is 13.1. The summed E-state index contributed by atoms with van der Waals surface area (Å²) in [6.45, 7) is 4.88. The molecule has 1 saturated heterocycles. The average Bonchev–Trinajstić information content (AvgIpc) is 2.81. The highest BCUT2D eigenvalue weighted by Crippen LogP contribution is 2.20. The van der Waals surface area contributed by atoms with E-state index in [4.69, 9.17) is 9.47 Å².